The van der Waals surface area contributed by atoms with Crippen LogP contribution in [0.15, 0.2) is 12.4 Å². The van der Waals surface area contributed by atoms with Crippen LogP contribution in [0.4, 0.5) is 0 Å². The third-order valence-electron chi connectivity index (χ3n) is 3.26. The third kappa shape index (κ3) is 2.66. The summed E-state index contributed by atoms with van der Waals surface area (Å²) >= 11 is 4.25. The Morgan fingerprint density at radius 3 is 2.75 bits per heavy atom. The van der Waals surface area contributed by atoms with Gasteiger partial charge in [-0.2, -0.15) is 12.6 Å². The number of ether oxygens (including phenoxy) is 1. The highest BCUT2D eigenvalue weighted by atomic mass is 32.1. The molecule has 0 aromatic carbocycles. The molecule has 3 nitrogen and oxygen atoms in total. The first kappa shape index (κ1) is 12.1. The summed E-state index contributed by atoms with van der Waals surface area (Å²) in [5.74, 6) is 0.956. The monoisotopic (exact) mass is 242 g/mol. The molecule has 2 aliphatic heterocycles. The van der Waals surface area contributed by atoms with Crippen LogP contribution in [0.3, 0.4) is 0 Å². The molecule has 2 rings (SSSR count). The van der Waals surface area contributed by atoms with Gasteiger partial charge in [0, 0.05) is 25.5 Å². The normalized spacial score (nSPS) is 27.9. The van der Waals surface area contributed by atoms with Crippen molar-refractivity contribution < 1.29 is 4.74 Å². The molecule has 16 heavy (non-hydrogen) atoms. The largest absolute Gasteiger partial charge is 0.371 e. The second-order valence-corrected chi connectivity index (χ2v) is 5.07. The van der Waals surface area contributed by atoms with Crippen LogP contribution < -0.4 is 0 Å². The molecule has 2 heterocycles. The quantitative estimate of drug-likeness (QED) is 0.567. The summed E-state index contributed by atoms with van der Waals surface area (Å²) in [5, 5.41) is 0. The van der Waals surface area contributed by atoms with Gasteiger partial charge in [-0.05, 0) is 18.6 Å². The molecule has 0 aromatic heterocycles. The fourth-order valence-corrected chi connectivity index (χ4v) is 2.29. The van der Waals surface area contributed by atoms with Crippen molar-refractivity contribution in [3.63, 3.8) is 0 Å². The maximum atomic E-state index is 5.67. The van der Waals surface area contributed by atoms with E-state index in [0.29, 0.717) is 0 Å². The SMILES string of the molecule is CCCCN1C=CN(CCCS)CC12CO2. The van der Waals surface area contributed by atoms with Crippen LogP contribution in [0.1, 0.15) is 26.2 Å². The van der Waals surface area contributed by atoms with Gasteiger partial charge in [-0.15, -0.1) is 0 Å². The topological polar surface area (TPSA) is 19.0 Å². The zero-order valence-corrected chi connectivity index (χ0v) is 11.0. The summed E-state index contributed by atoms with van der Waals surface area (Å²) in [4.78, 5) is 4.72. The van der Waals surface area contributed by atoms with Crippen molar-refractivity contribution >= 4 is 12.6 Å². The number of unbranched alkanes of at least 4 members (excludes halogenated alkanes) is 1. The molecule has 1 spiro atoms. The standard InChI is InChI=1S/C12H22N2OS/c1-2-3-6-14-8-7-13(5-4-9-16)10-12(14)11-15-12/h7-8,16H,2-6,9-11H2,1H3. The van der Waals surface area contributed by atoms with Gasteiger partial charge in [-0.3, -0.25) is 0 Å². The van der Waals surface area contributed by atoms with Gasteiger partial charge >= 0.3 is 0 Å². The average molecular weight is 242 g/mol. The predicted molar refractivity (Wildman–Crippen MR) is 69.5 cm³/mol. The Labute approximate surface area is 104 Å². The van der Waals surface area contributed by atoms with E-state index in [4.69, 9.17) is 4.74 Å². The molecule has 92 valence electrons. The second kappa shape index (κ2) is 5.32. The number of hydrogen-bond acceptors (Lipinski definition) is 4. The van der Waals surface area contributed by atoms with E-state index in [1.165, 1.54) is 12.8 Å². The van der Waals surface area contributed by atoms with Crippen LogP contribution in [0, 0.1) is 0 Å². The van der Waals surface area contributed by atoms with Crippen LogP contribution >= 0.6 is 12.6 Å². The van der Waals surface area contributed by atoms with Crippen molar-refractivity contribution in [1.29, 1.82) is 0 Å². The Bertz CT molecular complexity index is 253. The lowest BCUT2D eigenvalue weighted by Crippen LogP contribution is -2.47. The smallest absolute Gasteiger partial charge is 0.182 e. The average Bonchev–Trinajstić information content (AvgIpc) is 3.05. The van der Waals surface area contributed by atoms with Gasteiger partial charge in [-0.25, -0.2) is 0 Å². The van der Waals surface area contributed by atoms with E-state index in [-0.39, 0.29) is 5.72 Å². The molecule has 0 amide bonds. The van der Waals surface area contributed by atoms with Gasteiger partial charge in [0.1, 0.15) is 0 Å². The second-order valence-electron chi connectivity index (χ2n) is 4.63. The zero-order valence-electron chi connectivity index (χ0n) is 10.1. The van der Waals surface area contributed by atoms with Crippen molar-refractivity contribution in [3.8, 4) is 0 Å². The number of epoxide rings is 1. The molecule has 1 atom stereocenters. The van der Waals surface area contributed by atoms with E-state index in [1.807, 2.05) is 0 Å². The Morgan fingerprint density at radius 1 is 1.31 bits per heavy atom. The molecule has 0 bridgehead atoms. The van der Waals surface area contributed by atoms with E-state index in [9.17, 15) is 0 Å². The number of rotatable bonds is 6. The lowest BCUT2D eigenvalue weighted by Gasteiger charge is -2.37. The van der Waals surface area contributed by atoms with Crippen molar-refractivity contribution in [2.24, 2.45) is 0 Å². The minimum absolute atomic E-state index is 0.0144. The van der Waals surface area contributed by atoms with Crippen LogP contribution in [-0.4, -0.2) is 47.5 Å². The van der Waals surface area contributed by atoms with Gasteiger partial charge in [0.2, 0.25) is 0 Å². The molecule has 0 aromatic rings. The summed E-state index contributed by atoms with van der Waals surface area (Å²) < 4.78 is 5.67. The van der Waals surface area contributed by atoms with Crippen molar-refractivity contribution in [3.05, 3.63) is 12.4 Å². The molecule has 1 unspecified atom stereocenters. The van der Waals surface area contributed by atoms with E-state index >= 15 is 0 Å². The van der Waals surface area contributed by atoms with E-state index < -0.39 is 0 Å². The molecule has 0 radical (unpaired) electrons. The van der Waals surface area contributed by atoms with Crippen LogP contribution in [0.5, 0.6) is 0 Å². The molecular weight excluding hydrogens is 220 g/mol. The molecule has 0 aliphatic carbocycles. The van der Waals surface area contributed by atoms with Crippen LogP contribution in [-0.2, 0) is 4.74 Å². The van der Waals surface area contributed by atoms with E-state index in [0.717, 1.165) is 38.4 Å². The lowest BCUT2D eigenvalue weighted by molar-refractivity contribution is 0.0731. The fourth-order valence-electron chi connectivity index (χ4n) is 2.15. The van der Waals surface area contributed by atoms with Gasteiger partial charge in [0.05, 0.1) is 13.2 Å². The van der Waals surface area contributed by atoms with E-state index in [2.05, 4.69) is 41.8 Å². The van der Waals surface area contributed by atoms with E-state index in [1.54, 1.807) is 0 Å². The Kier molecular flexibility index (Phi) is 4.03. The highest BCUT2D eigenvalue weighted by Gasteiger charge is 2.51. The first-order valence-corrected chi connectivity index (χ1v) is 6.88. The summed E-state index contributed by atoms with van der Waals surface area (Å²) in [6.07, 6.45) is 8.02. The van der Waals surface area contributed by atoms with Gasteiger partial charge in [0.25, 0.3) is 0 Å². The molecule has 0 saturated carbocycles. The lowest BCUT2D eigenvalue weighted by atomic mass is 10.2. The zero-order chi connectivity index (χ0) is 11.4. The van der Waals surface area contributed by atoms with Crippen molar-refractivity contribution in [2.45, 2.75) is 31.9 Å². The van der Waals surface area contributed by atoms with Crippen LogP contribution in [0.25, 0.3) is 0 Å². The maximum absolute atomic E-state index is 5.67. The predicted octanol–water partition coefficient (Wildman–Crippen LogP) is 1.92. The highest BCUT2D eigenvalue weighted by Crippen LogP contribution is 2.35. The summed E-state index contributed by atoms with van der Waals surface area (Å²) in [7, 11) is 0. The molecule has 2 aliphatic rings. The summed E-state index contributed by atoms with van der Waals surface area (Å²) in [6, 6.07) is 0. The number of thiol groups is 1. The van der Waals surface area contributed by atoms with Crippen LogP contribution in [0.2, 0.25) is 0 Å². The van der Waals surface area contributed by atoms with Crippen molar-refractivity contribution in [2.75, 3.05) is 32.0 Å². The molecule has 1 fully saturated rings. The fraction of sp³-hybridized carbons (Fsp3) is 0.833. The molecular formula is C12H22N2OS. The minimum Gasteiger partial charge on any atom is -0.371 e. The first-order chi connectivity index (χ1) is 7.80. The first-order valence-electron chi connectivity index (χ1n) is 6.25. The number of nitrogens with zero attached hydrogens (tertiary/aromatic N) is 2. The molecule has 0 N–H and O–H groups in total. The molecule has 1 saturated heterocycles. The summed E-state index contributed by atoms with van der Waals surface area (Å²) in [6.45, 7) is 6.34. The van der Waals surface area contributed by atoms with Gasteiger partial charge in [-0.1, -0.05) is 13.3 Å². The van der Waals surface area contributed by atoms with Crippen molar-refractivity contribution in [1.82, 2.24) is 9.80 Å². The third-order valence-corrected chi connectivity index (χ3v) is 3.58. The minimum atomic E-state index is 0.0144. The Balaban J connectivity index is 1.87. The highest BCUT2D eigenvalue weighted by molar-refractivity contribution is 7.80. The van der Waals surface area contributed by atoms with Gasteiger partial charge in [0.15, 0.2) is 5.72 Å². The van der Waals surface area contributed by atoms with Gasteiger partial charge < -0.3 is 14.5 Å². The number of hydrogen-bond donors (Lipinski definition) is 1. The Morgan fingerprint density at radius 2 is 2.12 bits per heavy atom. The molecule has 4 heteroatoms. The maximum Gasteiger partial charge on any atom is 0.182 e. The Hall–Kier alpha value is -0.350. The summed E-state index contributed by atoms with van der Waals surface area (Å²) in [5.41, 5.74) is 0.0144.